The zero-order valence-electron chi connectivity index (χ0n) is 22.0. The smallest absolute Gasteiger partial charge is 0.416 e. The molecule has 2 unspecified atom stereocenters. The number of carbonyl (C=O) groups is 3. The Hall–Kier alpha value is -3.61. The van der Waals surface area contributed by atoms with Crippen LogP contribution in [0.2, 0.25) is 5.02 Å². The summed E-state index contributed by atoms with van der Waals surface area (Å²) in [6.45, 7) is 4.16. The predicted octanol–water partition coefficient (Wildman–Crippen LogP) is 4.47. The fraction of sp³-hybridized carbons (Fsp3) is 0.462. The number of halogens is 5. The van der Waals surface area contributed by atoms with Crippen LogP contribution in [0.1, 0.15) is 44.9 Å². The van der Waals surface area contributed by atoms with Crippen molar-refractivity contribution in [1.29, 1.82) is 0 Å². The van der Waals surface area contributed by atoms with E-state index in [4.69, 9.17) is 21.1 Å². The lowest BCUT2D eigenvalue weighted by atomic mass is 9.97. The monoisotopic (exact) mass is 588 g/mol. The maximum atomic E-state index is 13.6. The highest BCUT2D eigenvalue weighted by atomic mass is 35.5. The summed E-state index contributed by atoms with van der Waals surface area (Å²) in [4.78, 5) is 43.5. The molecule has 2 heterocycles. The number of aromatic nitrogens is 1. The van der Waals surface area contributed by atoms with Gasteiger partial charge >= 0.3 is 12.3 Å². The van der Waals surface area contributed by atoms with Gasteiger partial charge in [0.1, 0.15) is 23.2 Å². The molecule has 218 valence electrons. The molecule has 3 rings (SSSR count). The lowest BCUT2D eigenvalue weighted by Gasteiger charge is -2.39. The van der Waals surface area contributed by atoms with E-state index in [-0.39, 0.29) is 36.0 Å². The second kappa shape index (κ2) is 12.7. The lowest BCUT2D eigenvalue weighted by Crippen LogP contribution is -2.59. The minimum absolute atomic E-state index is 0.00601. The summed E-state index contributed by atoms with van der Waals surface area (Å²) in [6, 6.07) is 3.84. The summed E-state index contributed by atoms with van der Waals surface area (Å²) >= 11 is 5.63. The van der Waals surface area contributed by atoms with Crippen LogP contribution < -0.4 is 15.4 Å². The first kappa shape index (κ1) is 30.9. The molecule has 3 amide bonds. The van der Waals surface area contributed by atoms with Gasteiger partial charge < -0.3 is 20.1 Å². The largest absolute Gasteiger partial charge is 0.484 e. The Kier molecular flexibility index (Phi) is 9.82. The van der Waals surface area contributed by atoms with Crippen LogP contribution in [0.3, 0.4) is 0 Å². The molecule has 40 heavy (non-hydrogen) atoms. The number of rotatable bonds is 7. The zero-order valence-corrected chi connectivity index (χ0v) is 22.7. The Labute approximate surface area is 233 Å². The number of alkyl halides is 3. The lowest BCUT2D eigenvalue weighted by molar-refractivity contribution is -0.137. The highest BCUT2D eigenvalue weighted by molar-refractivity contribution is 6.30. The zero-order chi connectivity index (χ0) is 29.7. The van der Waals surface area contributed by atoms with Crippen LogP contribution in [-0.2, 0) is 27.0 Å². The second-order valence-electron chi connectivity index (χ2n) is 10.1. The average molecular weight is 589 g/mol. The molecule has 0 aliphatic carbocycles. The van der Waals surface area contributed by atoms with Gasteiger partial charge in [-0.1, -0.05) is 11.6 Å². The minimum atomic E-state index is -4.56. The van der Waals surface area contributed by atoms with Crippen LogP contribution in [-0.4, -0.2) is 58.6 Å². The molecule has 0 radical (unpaired) electrons. The van der Waals surface area contributed by atoms with E-state index in [2.05, 4.69) is 15.6 Å². The van der Waals surface area contributed by atoms with Gasteiger partial charge in [-0.3, -0.25) is 19.5 Å². The van der Waals surface area contributed by atoms with Gasteiger partial charge in [0, 0.05) is 24.8 Å². The summed E-state index contributed by atoms with van der Waals surface area (Å²) in [5.74, 6) is -1.75. The normalized spacial score (nSPS) is 17.6. The Morgan fingerprint density at radius 1 is 1.12 bits per heavy atom. The van der Waals surface area contributed by atoms with Crippen LogP contribution in [0.5, 0.6) is 5.75 Å². The van der Waals surface area contributed by atoms with Crippen LogP contribution >= 0.6 is 11.6 Å². The van der Waals surface area contributed by atoms with Gasteiger partial charge in [0.2, 0.25) is 5.91 Å². The number of piperidine rings is 1. The molecule has 2 N–H and O–H groups in total. The van der Waals surface area contributed by atoms with Gasteiger partial charge in [0.25, 0.3) is 5.91 Å². The van der Waals surface area contributed by atoms with Gasteiger partial charge in [0.15, 0.2) is 6.61 Å². The van der Waals surface area contributed by atoms with E-state index in [0.29, 0.717) is 6.42 Å². The Bertz CT molecular complexity index is 1240. The molecule has 0 bridgehead atoms. The summed E-state index contributed by atoms with van der Waals surface area (Å²) < 4.78 is 63.3. The van der Waals surface area contributed by atoms with Crippen molar-refractivity contribution >= 4 is 29.5 Å². The van der Waals surface area contributed by atoms with Crippen LogP contribution in [0.25, 0.3) is 0 Å². The number of hydrogen-bond acceptors (Lipinski definition) is 6. The highest BCUT2D eigenvalue weighted by Crippen LogP contribution is 2.29. The predicted molar refractivity (Wildman–Crippen MR) is 136 cm³/mol. The second-order valence-corrected chi connectivity index (χ2v) is 10.5. The number of amides is 3. The number of pyridine rings is 1. The Balaban J connectivity index is 1.63. The third-order valence-electron chi connectivity index (χ3n) is 5.73. The summed E-state index contributed by atoms with van der Waals surface area (Å²) in [7, 11) is 0. The Morgan fingerprint density at radius 3 is 2.50 bits per heavy atom. The fourth-order valence-electron chi connectivity index (χ4n) is 3.92. The number of likely N-dealkylation sites (tertiary alicyclic amines) is 1. The van der Waals surface area contributed by atoms with E-state index in [1.165, 1.54) is 17.0 Å². The molecule has 0 spiro atoms. The van der Waals surface area contributed by atoms with Crippen molar-refractivity contribution in [3.05, 3.63) is 58.6 Å². The summed E-state index contributed by atoms with van der Waals surface area (Å²) in [5.41, 5.74) is -1.78. The van der Waals surface area contributed by atoms with Crippen LogP contribution in [0.4, 0.5) is 22.4 Å². The molecule has 0 saturated carbocycles. The third-order valence-corrected chi connectivity index (χ3v) is 6.03. The van der Waals surface area contributed by atoms with E-state index < -0.39 is 59.8 Å². The molecule has 9 nitrogen and oxygen atoms in total. The van der Waals surface area contributed by atoms with E-state index >= 15 is 0 Å². The van der Waals surface area contributed by atoms with Gasteiger partial charge in [-0.15, -0.1) is 0 Å². The molecule has 14 heteroatoms. The first-order valence-electron chi connectivity index (χ1n) is 12.3. The van der Waals surface area contributed by atoms with Crippen molar-refractivity contribution in [2.24, 2.45) is 0 Å². The van der Waals surface area contributed by atoms with Crippen molar-refractivity contribution in [2.75, 3.05) is 13.2 Å². The standard InChI is InChI=1S/C26H29ClF4N4O5/c1-25(2,3)40-24(38)35-13-16(34-22(36)14-39-18-5-6-19(27)20(28)11-18)4-7-21(35)23(37)33-12-17-10-15(8-9-32-17)26(29,30)31/h5-6,8-11,16,21H,4,7,12-14H2,1-3H3,(H,33,37)(H,34,36). The number of carbonyl (C=O) groups excluding carboxylic acids is 3. The molecule has 1 aromatic heterocycles. The number of hydrogen-bond donors (Lipinski definition) is 2. The molecular weight excluding hydrogens is 560 g/mol. The van der Waals surface area contributed by atoms with E-state index in [1.54, 1.807) is 20.8 Å². The maximum absolute atomic E-state index is 13.6. The average Bonchev–Trinajstić information content (AvgIpc) is 2.86. The van der Waals surface area contributed by atoms with Gasteiger partial charge in [-0.25, -0.2) is 9.18 Å². The topological polar surface area (TPSA) is 110 Å². The van der Waals surface area contributed by atoms with Gasteiger partial charge in [-0.2, -0.15) is 13.2 Å². The summed E-state index contributed by atoms with van der Waals surface area (Å²) in [6.07, 6.45) is -3.92. The molecule has 1 aromatic carbocycles. The number of nitrogens with zero attached hydrogens (tertiary/aromatic N) is 2. The number of nitrogens with one attached hydrogen (secondary N) is 2. The third kappa shape index (κ3) is 8.97. The molecule has 2 atom stereocenters. The van der Waals surface area contributed by atoms with Crippen molar-refractivity contribution < 1.29 is 41.4 Å². The molecule has 1 saturated heterocycles. The van der Waals surface area contributed by atoms with Gasteiger partial charge in [-0.05, 0) is 57.9 Å². The SMILES string of the molecule is CC(C)(C)OC(=O)N1CC(NC(=O)COc2ccc(Cl)c(F)c2)CCC1C(=O)NCc1cc(C(F)(F)F)ccn1. The summed E-state index contributed by atoms with van der Waals surface area (Å²) in [5, 5.41) is 5.16. The molecular formula is C26H29ClF4N4O5. The fourth-order valence-corrected chi connectivity index (χ4v) is 4.03. The van der Waals surface area contributed by atoms with E-state index in [0.717, 1.165) is 24.4 Å². The quantitative estimate of drug-likeness (QED) is 0.462. The van der Waals surface area contributed by atoms with Gasteiger partial charge in [0.05, 0.1) is 22.8 Å². The van der Waals surface area contributed by atoms with Crippen LogP contribution in [0, 0.1) is 5.82 Å². The van der Waals surface area contributed by atoms with Crippen LogP contribution in [0.15, 0.2) is 36.5 Å². The molecule has 1 fully saturated rings. The minimum Gasteiger partial charge on any atom is -0.484 e. The highest BCUT2D eigenvalue weighted by Gasteiger charge is 2.39. The number of benzene rings is 1. The van der Waals surface area contributed by atoms with E-state index in [1.807, 2.05) is 0 Å². The maximum Gasteiger partial charge on any atom is 0.416 e. The van der Waals surface area contributed by atoms with Crippen molar-refractivity contribution in [2.45, 2.75) is 64.0 Å². The van der Waals surface area contributed by atoms with Crippen molar-refractivity contribution in [1.82, 2.24) is 20.5 Å². The Morgan fingerprint density at radius 2 is 1.85 bits per heavy atom. The number of ether oxygens (including phenoxy) is 2. The molecule has 2 aromatic rings. The van der Waals surface area contributed by atoms with Crippen molar-refractivity contribution in [3.8, 4) is 5.75 Å². The molecule has 1 aliphatic heterocycles. The first-order valence-corrected chi connectivity index (χ1v) is 12.7. The molecule has 1 aliphatic rings. The first-order chi connectivity index (χ1) is 18.6. The van der Waals surface area contributed by atoms with E-state index in [9.17, 15) is 31.9 Å². The van der Waals surface area contributed by atoms with Crippen molar-refractivity contribution in [3.63, 3.8) is 0 Å².